The van der Waals surface area contributed by atoms with Gasteiger partial charge >= 0.3 is 0 Å². The van der Waals surface area contributed by atoms with Gasteiger partial charge in [0.05, 0.1) is 11.0 Å². The minimum atomic E-state index is 0.544. The quantitative estimate of drug-likeness (QED) is 0.508. The predicted octanol–water partition coefficient (Wildman–Crippen LogP) is 5.10. The summed E-state index contributed by atoms with van der Waals surface area (Å²) in [6.07, 6.45) is 3.59. The first kappa shape index (κ1) is 19.0. The van der Waals surface area contributed by atoms with Crippen molar-refractivity contribution in [2.24, 2.45) is 0 Å². The third-order valence-electron chi connectivity index (χ3n) is 7.19. The summed E-state index contributed by atoms with van der Waals surface area (Å²) in [5, 5.41) is 6.20. The van der Waals surface area contributed by atoms with Crippen LogP contribution in [0, 0.1) is 0 Å². The van der Waals surface area contributed by atoms with E-state index in [1.54, 1.807) is 0 Å². The third-order valence-corrected chi connectivity index (χ3v) is 7.19. The first-order valence-electron chi connectivity index (χ1n) is 11.7. The first-order chi connectivity index (χ1) is 15.3. The molecule has 1 N–H and O–H groups in total. The van der Waals surface area contributed by atoms with Crippen molar-refractivity contribution >= 4 is 21.8 Å². The summed E-state index contributed by atoms with van der Waals surface area (Å²) in [7, 11) is 0. The number of benzene rings is 3. The molecule has 0 radical (unpaired) electrons. The lowest BCUT2D eigenvalue weighted by Crippen LogP contribution is -2.34. The van der Waals surface area contributed by atoms with Crippen molar-refractivity contribution in [1.82, 2.24) is 19.8 Å². The SMILES string of the molecule is c1ccc2cc(CN3CCC(n4c(C5CCNC5)nc5ccccc54)CC3)ccc2c1. The van der Waals surface area contributed by atoms with E-state index in [1.807, 2.05) is 0 Å². The monoisotopic (exact) mass is 410 g/mol. The van der Waals surface area contributed by atoms with E-state index in [4.69, 9.17) is 4.98 Å². The molecule has 1 unspecified atom stereocenters. The van der Waals surface area contributed by atoms with Crippen molar-refractivity contribution < 1.29 is 0 Å². The molecule has 2 fully saturated rings. The summed E-state index contributed by atoms with van der Waals surface area (Å²) >= 11 is 0. The van der Waals surface area contributed by atoms with Crippen LogP contribution in [-0.2, 0) is 6.54 Å². The van der Waals surface area contributed by atoms with Gasteiger partial charge in [0.1, 0.15) is 5.82 Å². The van der Waals surface area contributed by atoms with E-state index >= 15 is 0 Å². The Morgan fingerprint density at radius 1 is 0.871 bits per heavy atom. The highest BCUT2D eigenvalue weighted by molar-refractivity contribution is 5.83. The van der Waals surface area contributed by atoms with Crippen LogP contribution in [0.4, 0.5) is 0 Å². The molecule has 0 spiro atoms. The molecular formula is C27H30N4. The van der Waals surface area contributed by atoms with Crippen LogP contribution in [0.15, 0.2) is 66.7 Å². The molecule has 3 aromatic carbocycles. The number of likely N-dealkylation sites (tertiary alicyclic amines) is 1. The number of piperidine rings is 1. The fourth-order valence-electron chi connectivity index (χ4n) is 5.54. The summed E-state index contributed by atoms with van der Waals surface area (Å²) in [6.45, 7) is 5.50. The minimum absolute atomic E-state index is 0.544. The summed E-state index contributed by atoms with van der Waals surface area (Å²) in [5.41, 5.74) is 3.89. The summed E-state index contributed by atoms with van der Waals surface area (Å²) in [6, 6.07) is 24.8. The van der Waals surface area contributed by atoms with Crippen LogP contribution < -0.4 is 5.32 Å². The molecule has 2 aliphatic rings. The molecule has 4 heteroatoms. The molecule has 1 atom stereocenters. The maximum absolute atomic E-state index is 5.09. The largest absolute Gasteiger partial charge is 0.324 e. The van der Waals surface area contributed by atoms with Crippen molar-refractivity contribution in [2.45, 2.75) is 37.8 Å². The number of para-hydroxylation sites is 2. The van der Waals surface area contributed by atoms with Gasteiger partial charge in [0.2, 0.25) is 0 Å². The Kier molecular flexibility index (Phi) is 4.97. The van der Waals surface area contributed by atoms with Gasteiger partial charge in [0.25, 0.3) is 0 Å². The van der Waals surface area contributed by atoms with E-state index in [1.165, 1.54) is 46.9 Å². The zero-order valence-electron chi connectivity index (χ0n) is 18.0. The Labute approximate surface area is 183 Å². The van der Waals surface area contributed by atoms with Gasteiger partial charge in [-0.3, -0.25) is 4.90 Å². The molecule has 1 aromatic heterocycles. The zero-order chi connectivity index (χ0) is 20.6. The molecule has 6 rings (SSSR count). The highest BCUT2D eigenvalue weighted by atomic mass is 15.2. The average Bonchev–Trinajstić information content (AvgIpc) is 3.48. The highest BCUT2D eigenvalue weighted by Gasteiger charge is 2.29. The van der Waals surface area contributed by atoms with E-state index in [-0.39, 0.29) is 0 Å². The second-order valence-corrected chi connectivity index (χ2v) is 9.21. The van der Waals surface area contributed by atoms with Crippen LogP contribution in [0.5, 0.6) is 0 Å². The molecule has 4 nitrogen and oxygen atoms in total. The first-order valence-corrected chi connectivity index (χ1v) is 11.7. The van der Waals surface area contributed by atoms with Crippen molar-refractivity contribution in [1.29, 1.82) is 0 Å². The molecule has 0 aliphatic carbocycles. The Hall–Kier alpha value is -2.69. The minimum Gasteiger partial charge on any atom is -0.324 e. The Bertz CT molecular complexity index is 1200. The Morgan fingerprint density at radius 2 is 1.68 bits per heavy atom. The van der Waals surface area contributed by atoms with Gasteiger partial charge in [-0.05, 0) is 60.3 Å². The molecule has 0 saturated carbocycles. The van der Waals surface area contributed by atoms with Crippen molar-refractivity contribution in [3.05, 3.63) is 78.1 Å². The van der Waals surface area contributed by atoms with Crippen LogP contribution in [0.3, 0.4) is 0 Å². The Morgan fingerprint density at radius 3 is 2.52 bits per heavy atom. The van der Waals surface area contributed by atoms with Gasteiger partial charge in [0, 0.05) is 38.1 Å². The molecule has 31 heavy (non-hydrogen) atoms. The van der Waals surface area contributed by atoms with Gasteiger partial charge < -0.3 is 9.88 Å². The van der Waals surface area contributed by atoms with E-state index in [0.717, 1.165) is 38.2 Å². The molecular weight excluding hydrogens is 380 g/mol. The predicted molar refractivity (Wildman–Crippen MR) is 127 cm³/mol. The number of hydrogen-bond acceptors (Lipinski definition) is 3. The number of imidazole rings is 1. The number of nitrogens with one attached hydrogen (secondary N) is 1. The number of fused-ring (bicyclic) bond motifs is 2. The fourth-order valence-corrected chi connectivity index (χ4v) is 5.54. The van der Waals surface area contributed by atoms with E-state index < -0.39 is 0 Å². The average molecular weight is 411 g/mol. The zero-order valence-corrected chi connectivity index (χ0v) is 18.0. The Balaban J connectivity index is 1.21. The van der Waals surface area contributed by atoms with Gasteiger partial charge in [-0.2, -0.15) is 0 Å². The van der Waals surface area contributed by atoms with Gasteiger partial charge in [-0.15, -0.1) is 0 Å². The van der Waals surface area contributed by atoms with E-state index in [9.17, 15) is 0 Å². The van der Waals surface area contributed by atoms with Crippen molar-refractivity contribution in [3.63, 3.8) is 0 Å². The fraction of sp³-hybridized carbons (Fsp3) is 0.370. The molecule has 3 heterocycles. The third kappa shape index (κ3) is 3.64. The van der Waals surface area contributed by atoms with Crippen molar-refractivity contribution in [3.8, 4) is 0 Å². The van der Waals surface area contributed by atoms with Crippen LogP contribution in [0.25, 0.3) is 21.8 Å². The normalized spacial score (nSPS) is 20.7. The number of aromatic nitrogens is 2. The lowest BCUT2D eigenvalue weighted by molar-refractivity contribution is 0.179. The summed E-state index contributed by atoms with van der Waals surface area (Å²) < 4.78 is 2.60. The summed E-state index contributed by atoms with van der Waals surface area (Å²) in [5.74, 6) is 1.85. The maximum atomic E-state index is 5.09. The van der Waals surface area contributed by atoms with Crippen LogP contribution in [0.2, 0.25) is 0 Å². The number of hydrogen-bond donors (Lipinski definition) is 1. The van der Waals surface area contributed by atoms with E-state index in [2.05, 4.69) is 81.5 Å². The lowest BCUT2D eigenvalue weighted by Gasteiger charge is -2.34. The second kappa shape index (κ2) is 8.10. The van der Waals surface area contributed by atoms with Crippen LogP contribution in [0.1, 0.15) is 42.6 Å². The molecule has 2 aliphatic heterocycles. The van der Waals surface area contributed by atoms with Crippen LogP contribution >= 0.6 is 0 Å². The van der Waals surface area contributed by atoms with Gasteiger partial charge in [-0.25, -0.2) is 4.98 Å². The molecule has 0 bridgehead atoms. The van der Waals surface area contributed by atoms with Crippen LogP contribution in [-0.4, -0.2) is 40.6 Å². The smallest absolute Gasteiger partial charge is 0.114 e. The topological polar surface area (TPSA) is 33.1 Å². The molecule has 0 amide bonds. The van der Waals surface area contributed by atoms with Crippen molar-refractivity contribution in [2.75, 3.05) is 26.2 Å². The standard InChI is InChI=1S/C27H30N4/c1-2-6-22-17-20(9-10-21(22)5-1)19-30-15-12-24(13-16-30)31-26-8-4-3-7-25(26)29-27(31)23-11-14-28-18-23/h1-10,17,23-24,28H,11-16,18-19H2. The lowest BCUT2D eigenvalue weighted by atomic mass is 10.0. The maximum Gasteiger partial charge on any atom is 0.114 e. The highest BCUT2D eigenvalue weighted by Crippen LogP contribution is 2.34. The summed E-state index contributed by atoms with van der Waals surface area (Å²) in [4.78, 5) is 7.72. The molecule has 158 valence electrons. The number of nitrogens with zero attached hydrogens (tertiary/aromatic N) is 3. The molecule has 4 aromatic rings. The van der Waals surface area contributed by atoms with Gasteiger partial charge in [-0.1, -0.05) is 48.5 Å². The second-order valence-electron chi connectivity index (χ2n) is 9.21. The van der Waals surface area contributed by atoms with Gasteiger partial charge in [0.15, 0.2) is 0 Å². The molecule has 2 saturated heterocycles. The number of rotatable bonds is 4. The van der Waals surface area contributed by atoms with E-state index in [0.29, 0.717) is 12.0 Å².